The predicted molar refractivity (Wildman–Crippen MR) is 116 cm³/mol. The molecule has 0 aliphatic carbocycles. The zero-order valence-electron chi connectivity index (χ0n) is 15.7. The highest BCUT2D eigenvalue weighted by atomic mass is 127. The minimum Gasteiger partial charge on any atom is -0.493 e. The first-order valence-electron chi connectivity index (χ1n) is 9.51. The summed E-state index contributed by atoms with van der Waals surface area (Å²) < 4.78 is 7.76. The molecule has 0 unspecified atom stereocenters. The van der Waals surface area contributed by atoms with Gasteiger partial charge >= 0.3 is 0 Å². The van der Waals surface area contributed by atoms with E-state index >= 15 is 0 Å². The third kappa shape index (κ3) is 4.72. The molecule has 8 heteroatoms. The van der Waals surface area contributed by atoms with E-state index in [1.807, 2.05) is 0 Å². The Morgan fingerprint density at radius 1 is 1.26 bits per heavy atom. The van der Waals surface area contributed by atoms with Crippen LogP contribution in [0.1, 0.15) is 36.1 Å². The maximum atomic E-state index is 5.57. The highest BCUT2D eigenvalue weighted by molar-refractivity contribution is 14.0. The SMILES string of the molecule is CCNC(=NCc1nnc2n1CCC2)NCCc1ccc2c(c1)CCO2.I. The molecule has 0 saturated heterocycles. The molecular formula is C19H27IN6O. The molecule has 0 saturated carbocycles. The Kier molecular flexibility index (Phi) is 6.92. The van der Waals surface area contributed by atoms with Gasteiger partial charge in [0.25, 0.3) is 0 Å². The van der Waals surface area contributed by atoms with Crippen LogP contribution in [0.25, 0.3) is 0 Å². The van der Waals surface area contributed by atoms with Crippen LogP contribution < -0.4 is 15.4 Å². The smallest absolute Gasteiger partial charge is 0.191 e. The molecule has 0 radical (unpaired) electrons. The van der Waals surface area contributed by atoms with Gasteiger partial charge < -0.3 is 19.9 Å². The van der Waals surface area contributed by atoms with Crippen molar-refractivity contribution in [1.82, 2.24) is 25.4 Å². The van der Waals surface area contributed by atoms with E-state index in [1.165, 1.54) is 11.1 Å². The lowest BCUT2D eigenvalue weighted by Gasteiger charge is -2.11. The van der Waals surface area contributed by atoms with Crippen molar-refractivity contribution in [2.24, 2.45) is 4.99 Å². The van der Waals surface area contributed by atoms with E-state index in [-0.39, 0.29) is 24.0 Å². The highest BCUT2D eigenvalue weighted by Gasteiger charge is 2.16. The Morgan fingerprint density at radius 2 is 2.19 bits per heavy atom. The van der Waals surface area contributed by atoms with E-state index in [4.69, 9.17) is 4.74 Å². The van der Waals surface area contributed by atoms with Crippen LogP contribution in [-0.2, 0) is 32.4 Å². The van der Waals surface area contributed by atoms with Gasteiger partial charge in [-0.2, -0.15) is 0 Å². The number of aryl methyl sites for hydroxylation is 1. The van der Waals surface area contributed by atoms with Gasteiger partial charge in [0.2, 0.25) is 0 Å². The van der Waals surface area contributed by atoms with E-state index in [0.717, 1.165) is 75.3 Å². The summed E-state index contributed by atoms with van der Waals surface area (Å²) in [4.78, 5) is 4.67. The standard InChI is InChI=1S/C19H26N6O.HI/c1-2-20-19(22-13-18-24-23-17-4-3-10-25(17)18)21-9-7-14-5-6-16-15(12-14)8-11-26-16;/h5-6,12H,2-4,7-11,13H2,1H3,(H2,20,21,22);1H. The Labute approximate surface area is 177 Å². The van der Waals surface area contributed by atoms with Gasteiger partial charge in [-0.3, -0.25) is 0 Å². The number of ether oxygens (including phenoxy) is 1. The lowest BCUT2D eigenvalue weighted by atomic mass is 10.1. The molecule has 1 aromatic heterocycles. The summed E-state index contributed by atoms with van der Waals surface area (Å²) in [7, 11) is 0. The minimum absolute atomic E-state index is 0. The van der Waals surface area contributed by atoms with Crippen LogP contribution in [-0.4, -0.2) is 40.4 Å². The summed E-state index contributed by atoms with van der Waals surface area (Å²) >= 11 is 0. The van der Waals surface area contributed by atoms with E-state index in [9.17, 15) is 0 Å². The van der Waals surface area contributed by atoms with Gasteiger partial charge in [0, 0.05) is 32.5 Å². The second-order valence-corrected chi connectivity index (χ2v) is 6.70. The fourth-order valence-corrected chi connectivity index (χ4v) is 3.54. The molecule has 3 heterocycles. The van der Waals surface area contributed by atoms with E-state index in [1.54, 1.807) is 0 Å². The molecule has 4 rings (SSSR count). The lowest BCUT2D eigenvalue weighted by molar-refractivity contribution is 0.357. The molecule has 146 valence electrons. The fraction of sp³-hybridized carbons (Fsp3) is 0.526. The number of hydrogen-bond acceptors (Lipinski definition) is 4. The van der Waals surface area contributed by atoms with Crippen LogP contribution in [0.3, 0.4) is 0 Å². The Bertz CT molecular complexity index is 803. The fourth-order valence-electron chi connectivity index (χ4n) is 3.54. The number of fused-ring (bicyclic) bond motifs is 2. The summed E-state index contributed by atoms with van der Waals surface area (Å²) in [6.45, 7) is 6.12. The van der Waals surface area contributed by atoms with Gasteiger partial charge in [-0.15, -0.1) is 34.2 Å². The molecule has 0 bridgehead atoms. The number of halogens is 1. The molecule has 0 amide bonds. The van der Waals surface area contributed by atoms with Gasteiger partial charge in [0.1, 0.15) is 18.1 Å². The molecule has 2 aromatic rings. The number of aliphatic imine (C=N–C) groups is 1. The van der Waals surface area contributed by atoms with Gasteiger partial charge in [-0.05, 0) is 37.0 Å². The topological polar surface area (TPSA) is 76.4 Å². The van der Waals surface area contributed by atoms with Crippen LogP contribution >= 0.6 is 24.0 Å². The first kappa shape index (κ1) is 19.9. The number of rotatable bonds is 6. The molecule has 2 aliphatic rings. The number of guanidine groups is 1. The first-order valence-corrected chi connectivity index (χ1v) is 9.51. The third-order valence-corrected chi connectivity index (χ3v) is 4.87. The van der Waals surface area contributed by atoms with Gasteiger partial charge in [-0.25, -0.2) is 4.99 Å². The normalized spacial score (nSPS) is 14.9. The van der Waals surface area contributed by atoms with Crippen LogP contribution in [0.15, 0.2) is 23.2 Å². The maximum Gasteiger partial charge on any atom is 0.191 e. The number of benzene rings is 1. The van der Waals surface area contributed by atoms with Gasteiger partial charge in [0.05, 0.1) is 6.61 Å². The number of nitrogens with one attached hydrogen (secondary N) is 2. The van der Waals surface area contributed by atoms with E-state index in [2.05, 4.69) is 55.5 Å². The van der Waals surface area contributed by atoms with E-state index < -0.39 is 0 Å². The summed E-state index contributed by atoms with van der Waals surface area (Å²) in [6.07, 6.45) is 4.16. The van der Waals surface area contributed by atoms with Crippen molar-refractivity contribution in [3.8, 4) is 5.75 Å². The van der Waals surface area contributed by atoms with Crippen molar-refractivity contribution < 1.29 is 4.74 Å². The zero-order chi connectivity index (χ0) is 17.8. The second kappa shape index (κ2) is 9.38. The number of aromatic nitrogens is 3. The van der Waals surface area contributed by atoms with Crippen LogP contribution in [0.5, 0.6) is 5.75 Å². The van der Waals surface area contributed by atoms with Crippen molar-refractivity contribution in [1.29, 1.82) is 0 Å². The summed E-state index contributed by atoms with van der Waals surface area (Å²) in [6, 6.07) is 6.49. The summed E-state index contributed by atoms with van der Waals surface area (Å²) in [5.41, 5.74) is 2.65. The average Bonchev–Trinajstić information content (AvgIpc) is 3.36. The largest absolute Gasteiger partial charge is 0.493 e. The monoisotopic (exact) mass is 482 g/mol. The molecule has 0 spiro atoms. The van der Waals surface area contributed by atoms with Crippen LogP contribution in [0.2, 0.25) is 0 Å². The van der Waals surface area contributed by atoms with Gasteiger partial charge in [-0.1, -0.05) is 12.1 Å². The van der Waals surface area contributed by atoms with Crippen molar-refractivity contribution in [3.05, 3.63) is 41.0 Å². The average molecular weight is 482 g/mol. The molecule has 0 fully saturated rings. The Morgan fingerprint density at radius 3 is 3.07 bits per heavy atom. The minimum atomic E-state index is 0. The van der Waals surface area contributed by atoms with Crippen molar-refractivity contribution in [2.45, 2.75) is 45.7 Å². The molecule has 2 aliphatic heterocycles. The second-order valence-electron chi connectivity index (χ2n) is 6.70. The lowest BCUT2D eigenvalue weighted by Crippen LogP contribution is -2.38. The Balaban J connectivity index is 0.00000210. The van der Waals surface area contributed by atoms with Crippen molar-refractivity contribution in [2.75, 3.05) is 19.7 Å². The van der Waals surface area contributed by atoms with Crippen LogP contribution in [0, 0.1) is 0 Å². The summed E-state index contributed by atoms with van der Waals surface area (Å²) in [5.74, 6) is 3.91. The van der Waals surface area contributed by atoms with Gasteiger partial charge in [0.15, 0.2) is 11.8 Å². The van der Waals surface area contributed by atoms with Crippen LogP contribution in [0.4, 0.5) is 0 Å². The quantitative estimate of drug-likeness (QED) is 0.375. The summed E-state index contributed by atoms with van der Waals surface area (Å²) in [5, 5.41) is 15.2. The number of hydrogen-bond donors (Lipinski definition) is 2. The molecule has 2 N–H and O–H groups in total. The first-order chi connectivity index (χ1) is 12.8. The van der Waals surface area contributed by atoms with Crippen molar-refractivity contribution in [3.63, 3.8) is 0 Å². The predicted octanol–water partition coefficient (Wildman–Crippen LogP) is 2.07. The molecule has 27 heavy (non-hydrogen) atoms. The third-order valence-electron chi connectivity index (χ3n) is 4.87. The van der Waals surface area contributed by atoms with Crippen molar-refractivity contribution >= 4 is 29.9 Å². The highest BCUT2D eigenvalue weighted by Crippen LogP contribution is 2.25. The number of nitrogens with zero attached hydrogens (tertiary/aromatic N) is 4. The Hall–Kier alpha value is -1.84. The van der Waals surface area contributed by atoms with E-state index in [0.29, 0.717) is 6.54 Å². The molecule has 0 atom stereocenters. The molecule has 1 aromatic carbocycles. The molecular weight excluding hydrogens is 455 g/mol. The maximum absolute atomic E-state index is 5.57. The zero-order valence-corrected chi connectivity index (χ0v) is 18.0. The molecule has 7 nitrogen and oxygen atoms in total.